The summed E-state index contributed by atoms with van der Waals surface area (Å²) in [5, 5.41) is 11.9. The van der Waals surface area contributed by atoms with Gasteiger partial charge in [-0.25, -0.2) is 0 Å². The van der Waals surface area contributed by atoms with Crippen molar-refractivity contribution in [3.8, 4) is 0 Å². The molecule has 0 aliphatic carbocycles. The van der Waals surface area contributed by atoms with Crippen molar-refractivity contribution < 1.29 is 5.11 Å². The minimum Gasteiger partial charge on any atom is -0.381 e. The summed E-state index contributed by atoms with van der Waals surface area (Å²) in [7, 11) is 0. The summed E-state index contributed by atoms with van der Waals surface area (Å²) in [5.74, 6) is 0. The summed E-state index contributed by atoms with van der Waals surface area (Å²) in [4.78, 5) is 2.07. The lowest BCUT2D eigenvalue weighted by molar-refractivity contribution is 0.0896. The Morgan fingerprint density at radius 2 is 1.43 bits per heavy atom. The Kier molecular flexibility index (Phi) is 7.01. The molecular weight excluding hydrogens is 176 g/mol. The maximum Gasteiger partial charge on any atom is 0.0956 e. The molecule has 0 aromatic heterocycles. The van der Waals surface area contributed by atoms with Crippen LogP contribution in [0.3, 0.4) is 0 Å². The molecule has 2 N–H and O–H groups in total. The summed E-state index contributed by atoms with van der Waals surface area (Å²) in [6, 6.07) is 0. The molecule has 84 valence electrons. The van der Waals surface area contributed by atoms with Crippen LogP contribution in [0.25, 0.3) is 0 Å². The third-order valence-electron chi connectivity index (χ3n) is 2.86. The van der Waals surface area contributed by atoms with Gasteiger partial charge in [0.25, 0.3) is 0 Å². The second-order valence-electron chi connectivity index (χ2n) is 4.13. The fourth-order valence-corrected chi connectivity index (χ4v) is 1.90. The fourth-order valence-electron chi connectivity index (χ4n) is 1.90. The predicted octanol–water partition coefficient (Wildman–Crippen LogP) is 1.18. The van der Waals surface area contributed by atoms with Crippen LogP contribution in [0.5, 0.6) is 0 Å². The fraction of sp³-hybridized carbons (Fsp3) is 1.00. The van der Waals surface area contributed by atoms with Crippen molar-refractivity contribution in [2.75, 3.05) is 32.9 Å². The summed E-state index contributed by atoms with van der Waals surface area (Å²) < 4.78 is 0. The molecule has 0 radical (unpaired) electrons. The highest BCUT2D eigenvalue weighted by atomic mass is 16.3. The molecular formula is C11H24N2O. The zero-order valence-corrected chi connectivity index (χ0v) is 9.17. The van der Waals surface area contributed by atoms with Crippen LogP contribution in [0.4, 0.5) is 0 Å². The molecule has 2 heterocycles. The van der Waals surface area contributed by atoms with Crippen LogP contribution >= 0.6 is 0 Å². The van der Waals surface area contributed by atoms with Crippen LogP contribution in [-0.4, -0.2) is 42.9 Å². The van der Waals surface area contributed by atoms with Gasteiger partial charge in [-0.1, -0.05) is 12.8 Å². The first-order valence-corrected chi connectivity index (χ1v) is 5.97. The maximum absolute atomic E-state index is 8.62. The van der Waals surface area contributed by atoms with E-state index in [9.17, 15) is 0 Å². The molecule has 3 heteroatoms. The number of aliphatic hydroxyl groups is 1. The Balaban J connectivity index is 0.000000146. The van der Waals surface area contributed by atoms with Crippen molar-refractivity contribution in [2.45, 2.75) is 38.5 Å². The minimum atomic E-state index is 0.250. The van der Waals surface area contributed by atoms with Crippen LogP contribution in [0, 0.1) is 0 Å². The smallest absolute Gasteiger partial charge is 0.0956 e. The molecule has 0 saturated carbocycles. The summed E-state index contributed by atoms with van der Waals surface area (Å²) in [6.07, 6.45) is 8.09. The second kappa shape index (κ2) is 8.21. The van der Waals surface area contributed by atoms with E-state index in [1.54, 1.807) is 0 Å². The van der Waals surface area contributed by atoms with Gasteiger partial charge in [-0.3, -0.25) is 4.90 Å². The zero-order chi connectivity index (χ0) is 10.1. The topological polar surface area (TPSA) is 35.5 Å². The quantitative estimate of drug-likeness (QED) is 0.667. The summed E-state index contributed by atoms with van der Waals surface area (Å²) in [6.45, 7) is 4.94. The second-order valence-corrected chi connectivity index (χ2v) is 4.13. The van der Waals surface area contributed by atoms with E-state index in [0.717, 1.165) is 13.1 Å². The average Bonchev–Trinajstić information content (AvgIpc) is 2.33. The number of likely N-dealkylation sites (tertiary alicyclic amines) is 1. The van der Waals surface area contributed by atoms with Crippen molar-refractivity contribution >= 4 is 0 Å². The average molecular weight is 200 g/mol. The van der Waals surface area contributed by atoms with Gasteiger partial charge in [0, 0.05) is 13.1 Å². The van der Waals surface area contributed by atoms with Gasteiger partial charge in [0.05, 0.1) is 6.73 Å². The first kappa shape index (κ1) is 12.0. The van der Waals surface area contributed by atoms with E-state index >= 15 is 0 Å². The van der Waals surface area contributed by atoms with Gasteiger partial charge in [-0.2, -0.15) is 0 Å². The molecule has 0 bridgehead atoms. The van der Waals surface area contributed by atoms with E-state index in [1.165, 1.54) is 51.6 Å². The Bertz CT molecular complexity index is 109. The third kappa shape index (κ3) is 5.58. The molecule has 2 saturated heterocycles. The molecule has 0 amide bonds. The normalized spacial score (nSPS) is 23.8. The molecule has 2 rings (SSSR count). The van der Waals surface area contributed by atoms with Crippen LogP contribution in [-0.2, 0) is 0 Å². The van der Waals surface area contributed by atoms with Crippen LogP contribution in [0.1, 0.15) is 38.5 Å². The van der Waals surface area contributed by atoms with Crippen LogP contribution < -0.4 is 5.32 Å². The monoisotopic (exact) mass is 200 g/mol. The van der Waals surface area contributed by atoms with E-state index in [0.29, 0.717) is 0 Å². The lowest BCUT2D eigenvalue weighted by atomic mass is 10.1. The van der Waals surface area contributed by atoms with Gasteiger partial charge in [0.2, 0.25) is 0 Å². The van der Waals surface area contributed by atoms with Gasteiger partial charge < -0.3 is 10.4 Å². The molecule has 14 heavy (non-hydrogen) atoms. The van der Waals surface area contributed by atoms with Gasteiger partial charge >= 0.3 is 0 Å². The molecule has 0 unspecified atom stereocenters. The minimum absolute atomic E-state index is 0.250. The number of nitrogens with one attached hydrogen (secondary N) is 1. The van der Waals surface area contributed by atoms with Crippen molar-refractivity contribution in [1.29, 1.82) is 0 Å². The van der Waals surface area contributed by atoms with E-state index < -0.39 is 0 Å². The molecule has 0 aromatic rings. The molecule has 2 aliphatic heterocycles. The maximum atomic E-state index is 8.62. The van der Waals surface area contributed by atoms with Crippen molar-refractivity contribution in [2.24, 2.45) is 0 Å². The van der Waals surface area contributed by atoms with Gasteiger partial charge in [0.1, 0.15) is 0 Å². The van der Waals surface area contributed by atoms with E-state index in [-0.39, 0.29) is 6.73 Å². The molecule has 2 fully saturated rings. The molecule has 2 aliphatic rings. The Hall–Kier alpha value is -0.120. The van der Waals surface area contributed by atoms with Gasteiger partial charge in [0.15, 0.2) is 0 Å². The molecule has 0 atom stereocenters. The summed E-state index contributed by atoms with van der Waals surface area (Å²) in [5.41, 5.74) is 0. The van der Waals surface area contributed by atoms with Crippen LogP contribution in [0.2, 0.25) is 0 Å². The van der Waals surface area contributed by atoms with E-state index in [1.807, 2.05) is 0 Å². The van der Waals surface area contributed by atoms with Crippen molar-refractivity contribution in [1.82, 2.24) is 10.2 Å². The number of rotatable bonds is 1. The number of hydrogen-bond acceptors (Lipinski definition) is 3. The number of hydrogen-bond donors (Lipinski definition) is 2. The lowest BCUT2D eigenvalue weighted by Crippen LogP contribution is -2.30. The predicted molar refractivity (Wildman–Crippen MR) is 59.2 cm³/mol. The third-order valence-corrected chi connectivity index (χ3v) is 2.86. The van der Waals surface area contributed by atoms with Crippen LogP contribution in [0.15, 0.2) is 0 Å². The lowest BCUT2D eigenvalue weighted by Gasteiger charge is -2.23. The van der Waals surface area contributed by atoms with E-state index in [2.05, 4.69) is 10.2 Å². The first-order valence-electron chi connectivity index (χ1n) is 5.97. The standard InChI is InChI=1S/C6H13NO.C5H11N/c8-6-7-4-2-1-3-5-7;1-2-4-6-5-3-1/h8H,1-6H2;6H,1-5H2. The number of nitrogens with zero attached hydrogens (tertiary/aromatic N) is 1. The van der Waals surface area contributed by atoms with Crippen molar-refractivity contribution in [3.63, 3.8) is 0 Å². The Morgan fingerprint density at radius 3 is 1.71 bits per heavy atom. The van der Waals surface area contributed by atoms with Gasteiger partial charge in [-0.15, -0.1) is 0 Å². The highest BCUT2D eigenvalue weighted by Crippen LogP contribution is 2.06. The zero-order valence-electron chi connectivity index (χ0n) is 9.17. The molecule has 3 nitrogen and oxygen atoms in total. The van der Waals surface area contributed by atoms with Crippen molar-refractivity contribution in [3.05, 3.63) is 0 Å². The molecule has 0 spiro atoms. The SMILES string of the molecule is C1CCNCC1.OCN1CCCCC1. The highest BCUT2D eigenvalue weighted by molar-refractivity contribution is 4.59. The summed E-state index contributed by atoms with van der Waals surface area (Å²) >= 11 is 0. The molecule has 0 aromatic carbocycles. The largest absolute Gasteiger partial charge is 0.381 e. The Morgan fingerprint density at radius 1 is 0.857 bits per heavy atom. The number of aliphatic hydroxyl groups excluding tert-OH is 1. The number of piperidine rings is 2. The van der Waals surface area contributed by atoms with Gasteiger partial charge in [-0.05, 0) is 38.8 Å². The van der Waals surface area contributed by atoms with E-state index in [4.69, 9.17) is 5.11 Å². The highest BCUT2D eigenvalue weighted by Gasteiger charge is 2.06. The first-order chi connectivity index (χ1) is 6.93. The Labute approximate surface area is 87.5 Å².